The minimum atomic E-state index is -0.414. The van der Waals surface area contributed by atoms with Crippen molar-refractivity contribution in [3.8, 4) is 0 Å². The molecule has 0 spiro atoms. The second-order valence-electron chi connectivity index (χ2n) is 7.72. The van der Waals surface area contributed by atoms with Crippen LogP contribution in [0.3, 0.4) is 0 Å². The topological polar surface area (TPSA) is 89.8 Å². The molecule has 0 fully saturated rings. The molecule has 4 rings (SSSR count). The molecule has 0 saturated carbocycles. The first-order chi connectivity index (χ1) is 16.0. The molecule has 0 saturated heterocycles. The summed E-state index contributed by atoms with van der Waals surface area (Å²) >= 11 is 4.13. The molecule has 174 valence electrons. The van der Waals surface area contributed by atoms with Gasteiger partial charge >= 0.3 is 5.97 Å². The van der Waals surface area contributed by atoms with Crippen molar-refractivity contribution in [2.45, 2.75) is 32.1 Å². The number of esters is 1. The van der Waals surface area contributed by atoms with Gasteiger partial charge in [-0.1, -0.05) is 29.9 Å². The molecule has 2 amide bonds. The van der Waals surface area contributed by atoms with E-state index in [1.165, 1.54) is 41.5 Å². The minimum Gasteiger partial charge on any atom is -0.465 e. The summed E-state index contributed by atoms with van der Waals surface area (Å²) in [4.78, 5) is 43.3. The maximum atomic E-state index is 12.5. The number of thiophene rings is 1. The van der Waals surface area contributed by atoms with E-state index in [2.05, 4.69) is 10.3 Å². The number of aryl methyl sites for hydroxylation is 2. The first kappa shape index (κ1) is 23.7. The van der Waals surface area contributed by atoms with Crippen LogP contribution in [0.4, 0.5) is 5.00 Å². The molecule has 0 aliphatic heterocycles. The molecule has 1 N–H and O–H groups in total. The number of nitrogens with zero attached hydrogens (tertiary/aromatic N) is 2. The lowest BCUT2D eigenvalue weighted by Crippen LogP contribution is -2.18. The standard InChI is InChI=1S/C23H25N3O4S3/c1-26-15-9-6-7-11-17(15)33-23(26)25-19(28)13-31-12-18(27)24-21-20(22(29)30-2)14-8-4-3-5-10-16(14)32-21/h6-7,9,11H,3-5,8,10,12-13H2,1-2H3,(H,24,27). The van der Waals surface area contributed by atoms with E-state index in [1.54, 1.807) is 0 Å². The van der Waals surface area contributed by atoms with Gasteiger partial charge < -0.3 is 14.6 Å². The van der Waals surface area contributed by atoms with Crippen molar-refractivity contribution in [2.75, 3.05) is 23.9 Å². The quantitative estimate of drug-likeness (QED) is 0.403. The van der Waals surface area contributed by atoms with Gasteiger partial charge in [-0.3, -0.25) is 9.59 Å². The second-order valence-corrected chi connectivity index (χ2v) is 10.8. The summed E-state index contributed by atoms with van der Waals surface area (Å²) < 4.78 is 7.94. The van der Waals surface area contributed by atoms with Crippen molar-refractivity contribution in [2.24, 2.45) is 12.0 Å². The summed E-state index contributed by atoms with van der Waals surface area (Å²) in [6.07, 6.45) is 4.99. The van der Waals surface area contributed by atoms with Crippen LogP contribution in [0.5, 0.6) is 0 Å². The van der Waals surface area contributed by atoms with E-state index in [0.29, 0.717) is 15.4 Å². The summed E-state index contributed by atoms with van der Waals surface area (Å²) in [6, 6.07) is 7.89. The van der Waals surface area contributed by atoms with Crippen LogP contribution >= 0.6 is 34.4 Å². The number of carbonyl (C=O) groups is 3. The smallest absolute Gasteiger partial charge is 0.341 e. The third-order valence-corrected chi connectivity index (χ3v) is 8.70. The summed E-state index contributed by atoms with van der Waals surface area (Å²) in [5, 5.41) is 3.42. The highest BCUT2D eigenvalue weighted by Gasteiger charge is 2.26. The fourth-order valence-electron chi connectivity index (χ4n) is 3.87. The number of benzene rings is 1. The van der Waals surface area contributed by atoms with E-state index in [4.69, 9.17) is 4.74 Å². The lowest BCUT2D eigenvalue weighted by molar-refractivity contribution is -0.115. The Balaban J connectivity index is 1.38. The Morgan fingerprint density at radius 1 is 1.12 bits per heavy atom. The summed E-state index contributed by atoms with van der Waals surface area (Å²) in [6.45, 7) is 0. The number of amides is 2. The predicted octanol–water partition coefficient (Wildman–Crippen LogP) is 4.16. The predicted molar refractivity (Wildman–Crippen MR) is 134 cm³/mol. The van der Waals surface area contributed by atoms with Crippen molar-refractivity contribution >= 4 is 67.4 Å². The highest BCUT2D eigenvalue weighted by atomic mass is 32.2. The average molecular weight is 504 g/mol. The van der Waals surface area contributed by atoms with Crippen LogP contribution in [0, 0.1) is 0 Å². The Morgan fingerprint density at radius 3 is 2.70 bits per heavy atom. The van der Waals surface area contributed by atoms with Gasteiger partial charge in [0.05, 0.1) is 34.4 Å². The van der Waals surface area contributed by atoms with Crippen molar-refractivity contribution < 1.29 is 19.1 Å². The van der Waals surface area contributed by atoms with E-state index < -0.39 is 5.97 Å². The Hall–Kier alpha value is -2.43. The third-order valence-electron chi connectivity index (χ3n) is 5.46. The molecule has 0 radical (unpaired) electrons. The molecule has 3 aromatic rings. The number of ether oxygens (including phenoxy) is 1. The Labute approximate surface area is 203 Å². The molecule has 7 nitrogen and oxygen atoms in total. The average Bonchev–Trinajstić information content (AvgIpc) is 3.19. The number of thiazole rings is 1. The number of methoxy groups -OCH3 is 1. The number of nitrogens with one attached hydrogen (secondary N) is 1. The maximum Gasteiger partial charge on any atom is 0.341 e. The SMILES string of the molecule is COC(=O)c1c(NC(=O)CSCC(=O)N=c2sc3ccccc3n2C)sc2c1CCCCC2. The van der Waals surface area contributed by atoms with Crippen molar-refractivity contribution in [3.05, 3.63) is 45.1 Å². The van der Waals surface area contributed by atoms with Crippen molar-refractivity contribution in [1.29, 1.82) is 0 Å². The molecule has 0 unspecified atom stereocenters. The Bertz CT molecular complexity index is 1270. The zero-order valence-corrected chi connectivity index (χ0v) is 21.0. The lowest BCUT2D eigenvalue weighted by atomic mass is 10.1. The molecule has 1 aliphatic carbocycles. The third kappa shape index (κ3) is 5.39. The van der Waals surface area contributed by atoms with Gasteiger partial charge in [0.2, 0.25) is 5.91 Å². The first-order valence-electron chi connectivity index (χ1n) is 10.7. The van der Waals surface area contributed by atoms with Crippen LogP contribution < -0.4 is 10.1 Å². The van der Waals surface area contributed by atoms with Crippen LogP contribution in [-0.2, 0) is 34.2 Å². The minimum absolute atomic E-state index is 0.100. The van der Waals surface area contributed by atoms with Crippen molar-refractivity contribution in [3.63, 3.8) is 0 Å². The van der Waals surface area contributed by atoms with Gasteiger partial charge in [0.1, 0.15) is 5.00 Å². The number of fused-ring (bicyclic) bond motifs is 2. The summed E-state index contributed by atoms with van der Waals surface area (Å²) in [5.41, 5.74) is 2.52. The number of hydrogen-bond acceptors (Lipinski definition) is 7. The maximum absolute atomic E-state index is 12.5. The van der Waals surface area contributed by atoms with E-state index in [9.17, 15) is 14.4 Å². The van der Waals surface area contributed by atoms with Crippen LogP contribution in [-0.4, -0.2) is 41.0 Å². The number of rotatable bonds is 6. The van der Waals surface area contributed by atoms with Crippen molar-refractivity contribution in [1.82, 2.24) is 4.57 Å². The van der Waals surface area contributed by atoms with Gasteiger partial charge in [0.15, 0.2) is 4.80 Å². The Kier molecular flexibility index (Phi) is 7.67. The molecule has 0 atom stereocenters. The van der Waals surface area contributed by atoms with Crippen LogP contribution in [0.1, 0.15) is 40.1 Å². The van der Waals surface area contributed by atoms with E-state index in [1.807, 2.05) is 35.9 Å². The number of thioether (sulfide) groups is 1. The number of anilines is 1. The molecule has 33 heavy (non-hydrogen) atoms. The fourth-order valence-corrected chi connectivity index (χ4v) is 6.80. The molecule has 10 heteroatoms. The fraction of sp³-hybridized carbons (Fsp3) is 0.391. The second kappa shape index (κ2) is 10.7. The van der Waals surface area contributed by atoms with Gasteiger partial charge in [0, 0.05) is 11.9 Å². The molecule has 2 aromatic heterocycles. The van der Waals surface area contributed by atoms with Gasteiger partial charge in [0.25, 0.3) is 5.91 Å². The molecular formula is C23H25N3O4S3. The van der Waals surface area contributed by atoms with Crippen LogP contribution in [0.15, 0.2) is 29.3 Å². The summed E-state index contributed by atoms with van der Waals surface area (Å²) in [5.74, 6) is -0.743. The van der Waals surface area contributed by atoms with E-state index in [-0.39, 0.29) is 23.3 Å². The lowest BCUT2D eigenvalue weighted by Gasteiger charge is -2.07. The Morgan fingerprint density at radius 2 is 1.91 bits per heavy atom. The molecule has 0 bridgehead atoms. The zero-order valence-electron chi connectivity index (χ0n) is 18.5. The van der Waals surface area contributed by atoms with Crippen LogP contribution in [0.2, 0.25) is 0 Å². The normalized spacial score (nSPS) is 14.1. The first-order valence-corrected chi connectivity index (χ1v) is 13.5. The van der Waals surface area contributed by atoms with Gasteiger partial charge in [-0.25, -0.2) is 4.79 Å². The number of para-hydroxylation sites is 1. The summed E-state index contributed by atoms with van der Waals surface area (Å²) in [7, 11) is 3.24. The van der Waals surface area contributed by atoms with Gasteiger partial charge in [-0.2, -0.15) is 4.99 Å². The molecular weight excluding hydrogens is 478 g/mol. The van der Waals surface area contributed by atoms with Gasteiger partial charge in [-0.05, 0) is 43.4 Å². The number of hydrogen-bond donors (Lipinski definition) is 1. The highest BCUT2D eigenvalue weighted by molar-refractivity contribution is 8.00. The highest BCUT2D eigenvalue weighted by Crippen LogP contribution is 2.38. The molecule has 1 aliphatic rings. The largest absolute Gasteiger partial charge is 0.465 e. The van der Waals surface area contributed by atoms with E-state index >= 15 is 0 Å². The zero-order chi connectivity index (χ0) is 23.4. The molecule has 1 aromatic carbocycles. The number of carbonyl (C=O) groups excluding carboxylic acids is 3. The number of aromatic nitrogens is 1. The molecule has 2 heterocycles. The van der Waals surface area contributed by atoms with Gasteiger partial charge in [-0.15, -0.1) is 23.1 Å². The monoisotopic (exact) mass is 503 g/mol. The van der Waals surface area contributed by atoms with E-state index in [0.717, 1.165) is 52.8 Å². The van der Waals surface area contributed by atoms with Crippen LogP contribution in [0.25, 0.3) is 10.2 Å².